The lowest BCUT2D eigenvalue weighted by Crippen LogP contribution is -1.99. The maximum atomic E-state index is 5.71. The van der Waals surface area contributed by atoms with Gasteiger partial charge in [0.1, 0.15) is 0 Å². The lowest BCUT2D eigenvalue weighted by molar-refractivity contribution is 0.105. The van der Waals surface area contributed by atoms with Gasteiger partial charge in [-0.1, -0.05) is 24.3 Å². The van der Waals surface area contributed by atoms with Gasteiger partial charge in [0.05, 0.1) is 27.4 Å². The fourth-order valence-corrected chi connectivity index (χ4v) is 1.96. The van der Waals surface area contributed by atoms with Gasteiger partial charge in [0.25, 0.3) is 0 Å². The lowest BCUT2D eigenvalue weighted by Gasteiger charge is -2.12. The fraction of sp³-hybridized carbons (Fsp3) is 0.250. The van der Waals surface area contributed by atoms with E-state index in [4.69, 9.17) is 19.9 Å². The van der Waals surface area contributed by atoms with Crippen molar-refractivity contribution in [2.24, 2.45) is 0 Å². The second-order valence-electron chi connectivity index (χ2n) is 4.39. The average molecular weight is 273 g/mol. The molecular formula is C16H19NO3. The Morgan fingerprint density at radius 2 is 1.65 bits per heavy atom. The largest absolute Gasteiger partial charge is 0.493 e. The Labute approximate surface area is 119 Å². The van der Waals surface area contributed by atoms with Crippen molar-refractivity contribution in [2.75, 3.05) is 20.0 Å². The third-order valence-corrected chi connectivity index (χ3v) is 2.99. The van der Waals surface area contributed by atoms with Crippen molar-refractivity contribution in [3.8, 4) is 11.5 Å². The number of nitrogen functional groups attached to an aromatic ring is 1. The number of para-hydroxylation sites is 1. The highest BCUT2D eigenvalue weighted by molar-refractivity contribution is 5.46. The summed E-state index contributed by atoms with van der Waals surface area (Å²) in [6.45, 7) is 0.991. The van der Waals surface area contributed by atoms with Gasteiger partial charge in [-0.3, -0.25) is 0 Å². The van der Waals surface area contributed by atoms with Crippen LogP contribution in [0, 0.1) is 0 Å². The van der Waals surface area contributed by atoms with Crippen LogP contribution in [-0.4, -0.2) is 14.2 Å². The Balaban J connectivity index is 1.98. The zero-order valence-corrected chi connectivity index (χ0v) is 11.8. The second kappa shape index (κ2) is 6.82. The van der Waals surface area contributed by atoms with Crippen molar-refractivity contribution in [2.45, 2.75) is 13.2 Å². The Bertz CT molecular complexity index is 552. The second-order valence-corrected chi connectivity index (χ2v) is 4.39. The molecule has 4 heteroatoms. The summed E-state index contributed by atoms with van der Waals surface area (Å²) in [7, 11) is 3.25. The van der Waals surface area contributed by atoms with E-state index in [2.05, 4.69) is 0 Å². The molecule has 0 fully saturated rings. The van der Waals surface area contributed by atoms with Crippen molar-refractivity contribution in [3.05, 3.63) is 53.6 Å². The molecule has 2 rings (SSSR count). The molecule has 0 radical (unpaired) electrons. The van der Waals surface area contributed by atoms with Crippen LogP contribution in [0.15, 0.2) is 42.5 Å². The van der Waals surface area contributed by atoms with E-state index in [0.717, 1.165) is 16.8 Å². The van der Waals surface area contributed by atoms with E-state index in [-0.39, 0.29) is 0 Å². The molecule has 0 heterocycles. The smallest absolute Gasteiger partial charge is 0.166 e. The monoisotopic (exact) mass is 273 g/mol. The molecule has 0 bridgehead atoms. The van der Waals surface area contributed by atoms with Gasteiger partial charge in [0.15, 0.2) is 11.5 Å². The third-order valence-electron chi connectivity index (χ3n) is 2.99. The molecule has 0 atom stereocenters. The Morgan fingerprint density at radius 1 is 0.900 bits per heavy atom. The standard InChI is InChI=1S/C16H19NO3/c1-18-15-5-3-4-13(16(15)19-2)11-20-10-12-6-8-14(17)9-7-12/h3-9H,10-11,17H2,1-2H3. The molecule has 0 aliphatic rings. The molecule has 0 spiro atoms. The van der Waals surface area contributed by atoms with Crippen molar-refractivity contribution in [1.29, 1.82) is 0 Å². The van der Waals surface area contributed by atoms with Gasteiger partial charge < -0.3 is 19.9 Å². The van der Waals surface area contributed by atoms with Crippen LogP contribution >= 0.6 is 0 Å². The van der Waals surface area contributed by atoms with E-state index in [1.165, 1.54) is 0 Å². The van der Waals surface area contributed by atoms with Crippen LogP contribution in [0.1, 0.15) is 11.1 Å². The number of ether oxygens (including phenoxy) is 3. The van der Waals surface area contributed by atoms with E-state index < -0.39 is 0 Å². The predicted molar refractivity (Wildman–Crippen MR) is 78.9 cm³/mol. The van der Waals surface area contributed by atoms with Crippen LogP contribution in [0.25, 0.3) is 0 Å². The number of hydrogen-bond donors (Lipinski definition) is 1. The molecule has 0 amide bonds. The molecule has 0 aliphatic carbocycles. The van der Waals surface area contributed by atoms with E-state index in [1.807, 2.05) is 42.5 Å². The summed E-state index contributed by atoms with van der Waals surface area (Å²) in [6.07, 6.45) is 0. The lowest BCUT2D eigenvalue weighted by atomic mass is 10.2. The van der Waals surface area contributed by atoms with Crippen molar-refractivity contribution in [3.63, 3.8) is 0 Å². The van der Waals surface area contributed by atoms with Crippen LogP contribution < -0.4 is 15.2 Å². The number of nitrogens with two attached hydrogens (primary N) is 1. The molecule has 0 unspecified atom stereocenters. The maximum Gasteiger partial charge on any atom is 0.166 e. The maximum absolute atomic E-state index is 5.71. The number of benzene rings is 2. The van der Waals surface area contributed by atoms with Crippen molar-refractivity contribution >= 4 is 5.69 Å². The molecule has 0 saturated carbocycles. The zero-order chi connectivity index (χ0) is 14.4. The van der Waals surface area contributed by atoms with Gasteiger partial charge in [-0.15, -0.1) is 0 Å². The summed E-state index contributed by atoms with van der Waals surface area (Å²) in [5.74, 6) is 1.42. The minimum absolute atomic E-state index is 0.463. The van der Waals surface area contributed by atoms with Gasteiger partial charge in [-0.2, -0.15) is 0 Å². The summed E-state index contributed by atoms with van der Waals surface area (Å²) in [4.78, 5) is 0. The van der Waals surface area contributed by atoms with Crippen LogP contribution in [-0.2, 0) is 18.0 Å². The summed E-state index contributed by atoms with van der Waals surface area (Å²) >= 11 is 0. The first kappa shape index (κ1) is 14.2. The highest BCUT2D eigenvalue weighted by atomic mass is 16.5. The Hall–Kier alpha value is -2.20. The van der Waals surface area contributed by atoms with Crippen molar-refractivity contribution in [1.82, 2.24) is 0 Å². The van der Waals surface area contributed by atoms with E-state index >= 15 is 0 Å². The number of rotatable bonds is 6. The van der Waals surface area contributed by atoms with Crippen LogP contribution in [0.4, 0.5) is 5.69 Å². The minimum Gasteiger partial charge on any atom is -0.493 e. The van der Waals surface area contributed by atoms with Gasteiger partial charge >= 0.3 is 0 Å². The van der Waals surface area contributed by atoms with E-state index in [0.29, 0.717) is 24.7 Å². The van der Waals surface area contributed by atoms with Gasteiger partial charge in [0, 0.05) is 11.3 Å². The number of hydrogen-bond acceptors (Lipinski definition) is 4. The van der Waals surface area contributed by atoms with E-state index in [9.17, 15) is 0 Å². The Kier molecular flexibility index (Phi) is 4.85. The summed E-state index contributed by atoms with van der Waals surface area (Å²) < 4.78 is 16.3. The molecule has 20 heavy (non-hydrogen) atoms. The highest BCUT2D eigenvalue weighted by Gasteiger charge is 2.09. The first-order valence-electron chi connectivity index (χ1n) is 6.36. The quantitative estimate of drug-likeness (QED) is 0.822. The molecule has 0 saturated heterocycles. The highest BCUT2D eigenvalue weighted by Crippen LogP contribution is 2.31. The van der Waals surface area contributed by atoms with Crippen molar-refractivity contribution < 1.29 is 14.2 Å². The van der Waals surface area contributed by atoms with Gasteiger partial charge in [-0.05, 0) is 23.8 Å². The van der Waals surface area contributed by atoms with Crippen LogP contribution in [0.2, 0.25) is 0 Å². The summed E-state index contributed by atoms with van der Waals surface area (Å²) in [5.41, 5.74) is 8.44. The topological polar surface area (TPSA) is 53.7 Å². The number of methoxy groups -OCH3 is 2. The first-order valence-corrected chi connectivity index (χ1v) is 6.36. The molecule has 2 N–H and O–H groups in total. The zero-order valence-electron chi connectivity index (χ0n) is 11.8. The predicted octanol–water partition coefficient (Wildman–Crippen LogP) is 3.00. The fourth-order valence-electron chi connectivity index (χ4n) is 1.96. The molecule has 2 aromatic rings. The normalized spacial score (nSPS) is 10.3. The van der Waals surface area contributed by atoms with Gasteiger partial charge in [-0.25, -0.2) is 0 Å². The first-order chi connectivity index (χ1) is 9.74. The van der Waals surface area contributed by atoms with E-state index in [1.54, 1.807) is 14.2 Å². The van der Waals surface area contributed by atoms with Crippen LogP contribution in [0.3, 0.4) is 0 Å². The Morgan fingerprint density at radius 3 is 2.30 bits per heavy atom. The summed E-state index contributed by atoms with van der Waals surface area (Å²) in [5, 5.41) is 0. The summed E-state index contributed by atoms with van der Waals surface area (Å²) in [6, 6.07) is 13.4. The SMILES string of the molecule is COc1cccc(COCc2ccc(N)cc2)c1OC. The molecule has 0 aromatic heterocycles. The molecule has 2 aromatic carbocycles. The minimum atomic E-state index is 0.463. The molecular weight excluding hydrogens is 254 g/mol. The van der Waals surface area contributed by atoms with Crippen LogP contribution in [0.5, 0.6) is 11.5 Å². The average Bonchev–Trinajstić information content (AvgIpc) is 2.49. The third kappa shape index (κ3) is 3.42. The molecule has 106 valence electrons. The number of anilines is 1. The molecule has 4 nitrogen and oxygen atoms in total. The molecule has 0 aliphatic heterocycles. The van der Waals surface area contributed by atoms with Gasteiger partial charge in [0.2, 0.25) is 0 Å².